The van der Waals surface area contributed by atoms with E-state index in [2.05, 4.69) is 104 Å². The summed E-state index contributed by atoms with van der Waals surface area (Å²) in [5.41, 5.74) is 0. The van der Waals surface area contributed by atoms with E-state index in [1.807, 2.05) is 6.08 Å². The summed E-state index contributed by atoms with van der Waals surface area (Å²) in [4.78, 5) is 12.9. The van der Waals surface area contributed by atoms with Gasteiger partial charge >= 0.3 is 0 Å². The fourth-order valence-electron chi connectivity index (χ4n) is 6.29. The number of aliphatic hydroxyl groups excluding tert-OH is 5. The van der Waals surface area contributed by atoms with Crippen LogP contribution >= 0.6 is 0 Å². The van der Waals surface area contributed by atoms with Crippen LogP contribution in [0.15, 0.2) is 97.2 Å². The van der Waals surface area contributed by atoms with Gasteiger partial charge in [0.1, 0.15) is 24.4 Å². The number of allylic oxidation sites excluding steroid dienone is 15. The van der Waals surface area contributed by atoms with Gasteiger partial charge in [-0.05, 0) is 83.5 Å². The average Bonchev–Trinajstić information content (AvgIpc) is 3.22. The van der Waals surface area contributed by atoms with Crippen molar-refractivity contribution in [2.24, 2.45) is 0 Å². The van der Waals surface area contributed by atoms with Crippen molar-refractivity contribution in [2.75, 3.05) is 13.2 Å². The standard InChI is InChI=1S/C49H81NO8/c1-3-5-7-9-11-13-15-17-19-20-21-22-23-24-25-27-29-31-33-35-37-39-45(53)50-42(41-57-49-48(56)47(55)46(54)44(40-51)58-49)43(52)38-36-34-32-30-28-26-18-16-14-12-10-8-6-4-2/h5,7,11,13,17,19,21-22,24-25,28-31,36,38,42-44,46-49,51-52,54-56H,3-4,6,8-10,12,14-16,18,20,23,26-27,32-35,37,39-41H2,1-2H3,(H,50,53)/b7-5-,13-11-,19-17-,22-21-,25-24-,30-28+,31-29-,38-36+. The highest BCUT2D eigenvalue weighted by molar-refractivity contribution is 5.76. The molecule has 58 heavy (non-hydrogen) atoms. The third kappa shape index (κ3) is 28.5. The quantitative estimate of drug-likeness (QED) is 0.0274. The maximum absolute atomic E-state index is 12.9. The van der Waals surface area contributed by atoms with Gasteiger partial charge in [-0.3, -0.25) is 4.79 Å². The summed E-state index contributed by atoms with van der Waals surface area (Å²) in [7, 11) is 0. The molecule has 330 valence electrons. The zero-order chi connectivity index (χ0) is 42.3. The van der Waals surface area contributed by atoms with E-state index in [0.717, 1.165) is 70.6 Å². The minimum absolute atomic E-state index is 0.225. The minimum atomic E-state index is -1.58. The first kappa shape index (κ1) is 53.1. The van der Waals surface area contributed by atoms with E-state index < -0.39 is 49.5 Å². The lowest BCUT2D eigenvalue weighted by atomic mass is 9.99. The summed E-state index contributed by atoms with van der Waals surface area (Å²) in [6.07, 6.45) is 47.3. The Balaban J connectivity index is 2.44. The number of nitrogens with one attached hydrogen (secondary N) is 1. The monoisotopic (exact) mass is 812 g/mol. The van der Waals surface area contributed by atoms with Gasteiger partial charge in [-0.1, -0.05) is 156 Å². The maximum Gasteiger partial charge on any atom is 0.220 e. The Kier molecular flexibility index (Phi) is 35.1. The molecular formula is C49H81NO8. The molecule has 0 aromatic rings. The van der Waals surface area contributed by atoms with Gasteiger partial charge in [0, 0.05) is 6.42 Å². The molecular weight excluding hydrogens is 731 g/mol. The van der Waals surface area contributed by atoms with Gasteiger partial charge in [-0.25, -0.2) is 0 Å². The zero-order valence-corrected chi connectivity index (χ0v) is 36.0. The van der Waals surface area contributed by atoms with Crippen LogP contribution in [0.25, 0.3) is 0 Å². The molecule has 9 nitrogen and oxygen atoms in total. The molecule has 1 aliphatic rings. The Morgan fingerprint density at radius 1 is 0.603 bits per heavy atom. The number of hydrogen-bond acceptors (Lipinski definition) is 8. The van der Waals surface area contributed by atoms with Crippen molar-refractivity contribution in [1.82, 2.24) is 5.32 Å². The number of carbonyl (C=O) groups excluding carboxylic acids is 1. The van der Waals surface area contributed by atoms with Gasteiger partial charge in [0.05, 0.1) is 25.4 Å². The molecule has 0 spiro atoms. The number of unbranched alkanes of at least 4 members (excludes halogenated alkanes) is 11. The second-order valence-corrected chi connectivity index (χ2v) is 15.1. The highest BCUT2D eigenvalue weighted by atomic mass is 16.7. The van der Waals surface area contributed by atoms with Crippen molar-refractivity contribution in [3.63, 3.8) is 0 Å². The van der Waals surface area contributed by atoms with Crippen LogP contribution in [0.4, 0.5) is 0 Å². The molecule has 9 heteroatoms. The molecule has 0 aliphatic carbocycles. The van der Waals surface area contributed by atoms with Crippen LogP contribution in [-0.4, -0.2) is 87.5 Å². The zero-order valence-electron chi connectivity index (χ0n) is 36.0. The van der Waals surface area contributed by atoms with Gasteiger partial charge < -0.3 is 40.3 Å². The normalized spacial score (nSPS) is 21.8. The first-order chi connectivity index (χ1) is 28.3. The molecule has 1 saturated heterocycles. The van der Waals surface area contributed by atoms with E-state index in [1.54, 1.807) is 6.08 Å². The summed E-state index contributed by atoms with van der Waals surface area (Å²) in [6.45, 7) is 3.58. The molecule has 0 aromatic carbocycles. The van der Waals surface area contributed by atoms with Gasteiger partial charge in [-0.15, -0.1) is 0 Å². The van der Waals surface area contributed by atoms with Crippen molar-refractivity contribution in [1.29, 1.82) is 0 Å². The summed E-state index contributed by atoms with van der Waals surface area (Å²) in [5, 5.41) is 54.1. The second kappa shape index (κ2) is 38.3. The lowest BCUT2D eigenvalue weighted by Gasteiger charge is -2.40. The van der Waals surface area contributed by atoms with E-state index in [4.69, 9.17) is 9.47 Å². The second-order valence-electron chi connectivity index (χ2n) is 15.1. The van der Waals surface area contributed by atoms with Crippen molar-refractivity contribution >= 4 is 5.91 Å². The van der Waals surface area contributed by atoms with E-state index >= 15 is 0 Å². The number of hydrogen-bond donors (Lipinski definition) is 6. The predicted octanol–water partition coefficient (Wildman–Crippen LogP) is 9.33. The highest BCUT2D eigenvalue weighted by Gasteiger charge is 2.44. The molecule has 1 amide bonds. The maximum atomic E-state index is 12.9. The van der Waals surface area contributed by atoms with Crippen LogP contribution in [0.2, 0.25) is 0 Å². The Morgan fingerprint density at radius 2 is 1.09 bits per heavy atom. The Bertz CT molecular complexity index is 1220. The van der Waals surface area contributed by atoms with Crippen LogP contribution in [0.1, 0.15) is 149 Å². The van der Waals surface area contributed by atoms with Crippen LogP contribution in [0.5, 0.6) is 0 Å². The Hall–Kier alpha value is -2.89. The fraction of sp³-hybridized carbons (Fsp3) is 0.653. The van der Waals surface area contributed by atoms with Gasteiger partial charge in [0.25, 0.3) is 0 Å². The first-order valence-electron chi connectivity index (χ1n) is 22.5. The van der Waals surface area contributed by atoms with Crippen molar-refractivity contribution in [2.45, 2.75) is 192 Å². The molecule has 1 aliphatic heterocycles. The molecule has 1 fully saturated rings. The third-order valence-corrected chi connectivity index (χ3v) is 9.89. The predicted molar refractivity (Wildman–Crippen MR) is 239 cm³/mol. The third-order valence-electron chi connectivity index (χ3n) is 9.89. The lowest BCUT2D eigenvalue weighted by Crippen LogP contribution is -2.60. The molecule has 7 atom stereocenters. The summed E-state index contributed by atoms with van der Waals surface area (Å²) in [6, 6.07) is -0.850. The number of amides is 1. The van der Waals surface area contributed by atoms with Crippen LogP contribution in [0, 0.1) is 0 Å². The molecule has 0 radical (unpaired) electrons. The summed E-state index contributed by atoms with van der Waals surface area (Å²) >= 11 is 0. The molecule has 1 heterocycles. The largest absolute Gasteiger partial charge is 0.394 e. The molecule has 0 bridgehead atoms. The van der Waals surface area contributed by atoms with Gasteiger partial charge in [-0.2, -0.15) is 0 Å². The van der Waals surface area contributed by atoms with Gasteiger partial charge in [0.2, 0.25) is 5.91 Å². The molecule has 7 unspecified atom stereocenters. The Morgan fingerprint density at radius 3 is 1.66 bits per heavy atom. The summed E-state index contributed by atoms with van der Waals surface area (Å²) < 4.78 is 11.2. The average molecular weight is 812 g/mol. The van der Waals surface area contributed by atoms with Crippen LogP contribution in [-0.2, 0) is 14.3 Å². The topological polar surface area (TPSA) is 149 Å². The molecule has 0 aromatic heterocycles. The number of rotatable bonds is 35. The molecule has 1 rings (SSSR count). The van der Waals surface area contributed by atoms with E-state index in [1.165, 1.54) is 51.4 Å². The first-order valence-corrected chi connectivity index (χ1v) is 22.5. The van der Waals surface area contributed by atoms with Gasteiger partial charge in [0.15, 0.2) is 6.29 Å². The molecule has 0 saturated carbocycles. The molecule has 6 N–H and O–H groups in total. The van der Waals surface area contributed by atoms with E-state index in [-0.39, 0.29) is 18.9 Å². The van der Waals surface area contributed by atoms with Crippen molar-refractivity contribution in [3.8, 4) is 0 Å². The van der Waals surface area contributed by atoms with Crippen molar-refractivity contribution in [3.05, 3.63) is 97.2 Å². The summed E-state index contributed by atoms with van der Waals surface area (Å²) in [5.74, 6) is -0.235. The van der Waals surface area contributed by atoms with Crippen LogP contribution in [0.3, 0.4) is 0 Å². The highest BCUT2D eigenvalue weighted by Crippen LogP contribution is 2.22. The fourth-order valence-corrected chi connectivity index (χ4v) is 6.29. The van der Waals surface area contributed by atoms with Crippen LogP contribution < -0.4 is 5.32 Å². The minimum Gasteiger partial charge on any atom is -0.394 e. The smallest absolute Gasteiger partial charge is 0.220 e. The Labute approximate surface area is 352 Å². The van der Waals surface area contributed by atoms with E-state index in [9.17, 15) is 30.3 Å². The SMILES string of the molecule is CC/C=C\C/C=C\C/C=C\C/C=C\C/C=C\C/C=C\CCCCC(=O)NC(COC1OC(CO)C(O)C(O)C1O)C(O)/C=C/CC/C=C/CCCCCCCCCC. The number of carbonyl (C=O) groups is 1. The van der Waals surface area contributed by atoms with E-state index in [0.29, 0.717) is 6.42 Å². The number of ether oxygens (including phenoxy) is 2. The van der Waals surface area contributed by atoms with Crippen molar-refractivity contribution < 1.29 is 39.8 Å². The number of aliphatic hydroxyl groups is 5. The lowest BCUT2D eigenvalue weighted by molar-refractivity contribution is -0.302.